The Morgan fingerprint density at radius 1 is 0.939 bits per heavy atom. The molecule has 7 nitrogen and oxygen atoms in total. The second-order valence-electron chi connectivity index (χ2n) is 7.91. The number of nitrogens with one attached hydrogen (secondary N) is 2. The molecule has 1 fully saturated rings. The van der Waals surface area contributed by atoms with Crippen LogP contribution in [0, 0.1) is 6.92 Å². The number of sulfonamides is 1. The Morgan fingerprint density at radius 3 is 2.30 bits per heavy atom. The van der Waals surface area contributed by atoms with Crippen LogP contribution >= 0.6 is 0 Å². The fourth-order valence-electron chi connectivity index (χ4n) is 3.61. The second kappa shape index (κ2) is 10.1. The van der Waals surface area contributed by atoms with Gasteiger partial charge >= 0.3 is 0 Å². The number of aryl methyl sites for hydroxylation is 1. The third-order valence-corrected chi connectivity index (χ3v) is 6.89. The molecule has 2 N–H and O–H groups in total. The molecule has 1 amide bonds. The van der Waals surface area contributed by atoms with Crippen molar-refractivity contribution in [2.45, 2.75) is 18.4 Å². The Kier molecular flexibility index (Phi) is 6.96. The summed E-state index contributed by atoms with van der Waals surface area (Å²) in [4.78, 5) is 15.3. The number of carbonyl (C=O) groups is 1. The van der Waals surface area contributed by atoms with E-state index in [1.807, 2.05) is 31.2 Å². The first-order valence-electron chi connectivity index (χ1n) is 10.8. The number of amides is 1. The fourth-order valence-corrected chi connectivity index (χ4v) is 4.69. The molecule has 0 aromatic heterocycles. The Hall–Kier alpha value is -3.36. The molecule has 0 aliphatic carbocycles. The maximum Gasteiger partial charge on any atom is 0.261 e. The number of rotatable bonds is 7. The van der Waals surface area contributed by atoms with Crippen LogP contribution in [0.15, 0.2) is 77.7 Å². The first kappa shape index (κ1) is 22.8. The van der Waals surface area contributed by atoms with Crippen LogP contribution in [0.2, 0.25) is 0 Å². The van der Waals surface area contributed by atoms with Gasteiger partial charge in [0.2, 0.25) is 0 Å². The van der Waals surface area contributed by atoms with E-state index in [1.165, 1.54) is 0 Å². The zero-order chi connectivity index (χ0) is 23.3. The Bertz CT molecular complexity index is 1200. The van der Waals surface area contributed by atoms with Crippen LogP contribution in [0.1, 0.15) is 21.5 Å². The normalized spacial score (nSPS) is 14.0. The van der Waals surface area contributed by atoms with Gasteiger partial charge in [-0.25, -0.2) is 8.42 Å². The van der Waals surface area contributed by atoms with E-state index in [2.05, 4.69) is 14.9 Å². The topological polar surface area (TPSA) is 87.7 Å². The molecule has 3 aromatic rings. The molecule has 0 unspecified atom stereocenters. The average molecular weight is 466 g/mol. The van der Waals surface area contributed by atoms with Gasteiger partial charge in [-0.1, -0.05) is 42.0 Å². The van der Waals surface area contributed by atoms with Crippen molar-refractivity contribution in [2.24, 2.45) is 0 Å². The minimum absolute atomic E-state index is 0.142. The lowest BCUT2D eigenvalue weighted by molar-refractivity contribution is 0.0951. The number of para-hydroxylation sites is 1. The molecule has 8 heteroatoms. The van der Waals surface area contributed by atoms with Gasteiger partial charge < -0.3 is 15.0 Å². The van der Waals surface area contributed by atoms with E-state index in [-0.39, 0.29) is 22.1 Å². The van der Waals surface area contributed by atoms with Crippen molar-refractivity contribution in [3.63, 3.8) is 0 Å². The highest BCUT2D eigenvalue weighted by atomic mass is 32.2. The van der Waals surface area contributed by atoms with Crippen LogP contribution in [-0.4, -0.2) is 40.6 Å². The lowest BCUT2D eigenvalue weighted by Gasteiger charge is -2.28. The van der Waals surface area contributed by atoms with E-state index in [4.69, 9.17) is 4.74 Å². The Labute approximate surface area is 194 Å². The first-order chi connectivity index (χ1) is 15.9. The van der Waals surface area contributed by atoms with Crippen molar-refractivity contribution in [2.75, 3.05) is 35.9 Å². The van der Waals surface area contributed by atoms with Gasteiger partial charge in [0, 0.05) is 25.3 Å². The van der Waals surface area contributed by atoms with Crippen LogP contribution in [0.5, 0.6) is 0 Å². The zero-order valence-corrected chi connectivity index (χ0v) is 19.3. The van der Waals surface area contributed by atoms with Gasteiger partial charge in [-0.05, 0) is 48.9 Å². The number of benzene rings is 3. The third kappa shape index (κ3) is 5.71. The van der Waals surface area contributed by atoms with Crippen LogP contribution in [0.4, 0.5) is 11.4 Å². The molecule has 1 aliphatic rings. The molecule has 0 atom stereocenters. The summed E-state index contributed by atoms with van der Waals surface area (Å²) in [5.41, 5.74) is 3.55. The maximum atomic E-state index is 12.9. The summed E-state index contributed by atoms with van der Waals surface area (Å²) in [7, 11) is -3.81. The number of nitrogens with zero attached hydrogens (tertiary/aromatic N) is 1. The number of morpholine rings is 1. The molecule has 33 heavy (non-hydrogen) atoms. The van der Waals surface area contributed by atoms with Gasteiger partial charge in [0.15, 0.2) is 0 Å². The lowest BCUT2D eigenvalue weighted by Crippen LogP contribution is -2.36. The van der Waals surface area contributed by atoms with E-state index >= 15 is 0 Å². The summed E-state index contributed by atoms with van der Waals surface area (Å²) in [6.45, 7) is 5.41. The van der Waals surface area contributed by atoms with Gasteiger partial charge in [0.1, 0.15) is 0 Å². The second-order valence-corrected chi connectivity index (χ2v) is 9.60. The van der Waals surface area contributed by atoms with Crippen molar-refractivity contribution in [1.82, 2.24) is 5.32 Å². The summed E-state index contributed by atoms with van der Waals surface area (Å²) in [6, 6.07) is 21.2. The first-order valence-corrected chi connectivity index (χ1v) is 12.3. The SMILES string of the molecule is Cc1ccc(S(=O)(=O)Nc2ccccc2C(=O)NCc2ccc(N3CCOCC3)cc2)cc1. The summed E-state index contributed by atoms with van der Waals surface area (Å²) < 4.78 is 33.5. The van der Waals surface area contributed by atoms with E-state index < -0.39 is 10.0 Å². The molecule has 1 aliphatic heterocycles. The molecule has 172 valence electrons. The Morgan fingerprint density at radius 2 is 1.61 bits per heavy atom. The highest BCUT2D eigenvalue weighted by Gasteiger charge is 2.18. The predicted molar refractivity (Wildman–Crippen MR) is 129 cm³/mol. The van der Waals surface area contributed by atoms with Crippen LogP contribution in [-0.2, 0) is 21.3 Å². The molecule has 1 saturated heterocycles. The average Bonchev–Trinajstić information content (AvgIpc) is 2.84. The molecule has 3 aromatic carbocycles. The van der Waals surface area contributed by atoms with Crippen LogP contribution in [0.25, 0.3) is 0 Å². The van der Waals surface area contributed by atoms with E-state index in [1.54, 1.807) is 48.5 Å². The maximum absolute atomic E-state index is 12.9. The number of hydrogen-bond donors (Lipinski definition) is 2. The van der Waals surface area contributed by atoms with E-state index in [0.29, 0.717) is 6.54 Å². The molecule has 0 spiro atoms. The van der Waals surface area contributed by atoms with Crippen molar-refractivity contribution < 1.29 is 17.9 Å². The predicted octanol–water partition coefficient (Wildman–Crippen LogP) is 3.56. The number of carbonyl (C=O) groups excluding carboxylic acids is 1. The Balaban J connectivity index is 1.42. The highest BCUT2D eigenvalue weighted by molar-refractivity contribution is 7.92. The van der Waals surface area contributed by atoms with Crippen LogP contribution < -0.4 is 14.9 Å². The van der Waals surface area contributed by atoms with Gasteiger partial charge in [-0.3, -0.25) is 9.52 Å². The number of anilines is 2. The zero-order valence-electron chi connectivity index (χ0n) is 18.5. The lowest BCUT2D eigenvalue weighted by atomic mass is 10.1. The minimum atomic E-state index is -3.81. The van der Waals surface area contributed by atoms with Crippen LogP contribution in [0.3, 0.4) is 0 Å². The summed E-state index contributed by atoms with van der Waals surface area (Å²) in [6.07, 6.45) is 0. The monoisotopic (exact) mass is 465 g/mol. The quantitative estimate of drug-likeness (QED) is 0.557. The summed E-state index contributed by atoms with van der Waals surface area (Å²) >= 11 is 0. The van der Waals surface area contributed by atoms with E-state index in [9.17, 15) is 13.2 Å². The number of hydrogen-bond acceptors (Lipinski definition) is 5. The standard InChI is InChI=1S/C25H27N3O4S/c1-19-6-12-22(13-7-19)33(30,31)27-24-5-3-2-4-23(24)25(29)26-18-20-8-10-21(11-9-20)28-14-16-32-17-15-28/h2-13,27H,14-18H2,1H3,(H,26,29). The van der Waals surface area contributed by atoms with Gasteiger partial charge in [0.25, 0.3) is 15.9 Å². The smallest absolute Gasteiger partial charge is 0.261 e. The van der Waals surface area contributed by atoms with Gasteiger partial charge in [-0.15, -0.1) is 0 Å². The molecule has 0 bridgehead atoms. The summed E-state index contributed by atoms with van der Waals surface area (Å²) in [5, 5.41) is 2.88. The van der Waals surface area contributed by atoms with Crippen molar-refractivity contribution in [3.05, 3.63) is 89.5 Å². The van der Waals surface area contributed by atoms with E-state index in [0.717, 1.165) is 43.1 Å². The minimum Gasteiger partial charge on any atom is -0.378 e. The fraction of sp³-hybridized carbons (Fsp3) is 0.240. The third-order valence-electron chi connectivity index (χ3n) is 5.51. The highest BCUT2D eigenvalue weighted by Crippen LogP contribution is 2.21. The molecular weight excluding hydrogens is 438 g/mol. The molecule has 4 rings (SSSR count). The molecule has 0 saturated carbocycles. The number of ether oxygens (including phenoxy) is 1. The van der Waals surface area contributed by atoms with Gasteiger partial charge in [0.05, 0.1) is 29.4 Å². The molecule has 1 heterocycles. The van der Waals surface area contributed by atoms with Crippen molar-refractivity contribution in [1.29, 1.82) is 0 Å². The summed E-state index contributed by atoms with van der Waals surface area (Å²) in [5.74, 6) is -0.352. The molecule has 0 radical (unpaired) electrons. The van der Waals surface area contributed by atoms with Crippen molar-refractivity contribution in [3.8, 4) is 0 Å². The molecular formula is C25H27N3O4S. The van der Waals surface area contributed by atoms with Gasteiger partial charge in [-0.2, -0.15) is 0 Å². The largest absolute Gasteiger partial charge is 0.378 e. The van der Waals surface area contributed by atoms with Crippen molar-refractivity contribution >= 4 is 27.3 Å².